The van der Waals surface area contributed by atoms with Crippen molar-refractivity contribution in [2.24, 2.45) is 11.7 Å². The van der Waals surface area contributed by atoms with Gasteiger partial charge in [-0.15, -0.1) is 13.2 Å². The molecule has 1 unspecified atom stereocenters. The summed E-state index contributed by atoms with van der Waals surface area (Å²) in [6.07, 6.45) is -4.11. The van der Waals surface area contributed by atoms with Gasteiger partial charge in [0.1, 0.15) is 0 Å². The lowest BCUT2D eigenvalue weighted by Gasteiger charge is -2.12. The van der Waals surface area contributed by atoms with Gasteiger partial charge in [0.05, 0.1) is 12.5 Å². The molecule has 0 aromatic rings. The summed E-state index contributed by atoms with van der Waals surface area (Å²) in [7, 11) is 0. The molecule has 0 saturated carbocycles. The van der Waals surface area contributed by atoms with Gasteiger partial charge < -0.3 is 10.8 Å². The van der Waals surface area contributed by atoms with Gasteiger partial charge in [0.25, 0.3) is 0 Å². The summed E-state index contributed by atoms with van der Waals surface area (Å²) < 4.78 is 38.2. The van der Waals surface area contributed by atoms with E-state index in [0.29, 0.717) is 13.0 Å². The number of ether oxygens (including phenoxy) is 1. The van der Waals surface area contributed by atoms with Crippen LogP contribution in [-0.2, 0) is 9.53 Å². The zero-order valence-corrected chi connectivity index (χ0v) is 8.09. The Labute approximate surface area is 85.2 Å². The third-order valence-corrected chi connectivity index (χ3v) is 1.84. The Morgan fingerprint density at radius 2 is 2.00 bits per heavy atom. The van der Waals surface area contributed by atoms with Crippen LogP contribution in [-0.4, -0.2) is 30.6 Å². The van der Waals surface area contributed by atoms with E-state index in [1.54, 1.807) is 0 Å². The molecular formula is C8H14F3NO3. The molecule has 0 aliphatic heterocycles. The molecule has 4 nitrogen and oxygen atoms in total. The van der Waals surface area contributed by atoms with Crippen molar-refractivity contribution in [2.45, 2.75) is 25.6 Å². The van der Waals surface area contributed by atoms with Gasteiger partial charge in [0, 0.05) is 0 Å². The maximum atomic E-state index is 11.6. The summed E-state index contributed by atoms with van der Waals surface area (Å²) in [5.74, 6) is -1.94. The summed E-state index contributed by atoms with van der Waals surface area (Å²) in [5, 5.41) is 8.65. The van der Waals surface area contributed by atoms with E-state index in [1.165, 1.54) is 0 Å². The average Bonchev–Trinajstić information content (AvgIpc) is 2.08. The number of alkyl halides is 3. The van der Waals surface area contributed by atoms with E-state index in [-0.39, 0.29) is 12.8 Å². The molecule has 0 saturated heterocycles. The number of nitrogens with two attached hydrogens (primary N) is 1. The lowest BCUT2D eigenvalue weighted by molar-refractivity contribution is -0.325. The fourth-order valence-corrected chi connectivity index (χ4v) is 1.07. The van der Waals surface area contributed by atoms with Crippen molar-refractivity contribution in [3.05, 3.63) is 0 Å². The van der Waals surface area contributed by atoms with Gasteiger partial charge >= 0.3 is 12.3 Å². The molecule has 0 rings (SSSR count). The fourth-order valence-electron chi connectivity index (χ4n) is 1.07. The van der Waals surface area contributed by atoms with Crippen LogP contribution >= 0.6 is 0 Å². The Bertz CT molecular complexity index is 196. The Hall–Kier alpha value is -0.820. The SMILES string of the molecule is NCCCC(CCOC(F)(F)F)C(=O)O. The quantitative estimate of drug-likeness (QED) is 0.691. The number of hydrogen-bond donors (Lipinski definition) is 2. The number of carboxylic acids is 1. The van der Waals surface area contributed by atoms with Gasteiger partial charge in [-0.2, -0.15) is 0 Å². The number of hydrogen-bond acceptors (Lipinski definition) is 3. The van der Waals surface area contributed by atoms with Crippen LogP contribution in [0.3, 0.4) is 0 Å². The van der Waals surface area contributed by atoms with E-state index in [0.717, 1.165) is 0 Å². The number of aliphatic carboxylic acids is 1. The van der Waals surface area contributed by atoms with Gasteiger partial charge in [-0.05, 0) is 25.8 Å². The first kappa shape index (κ1) is 14.2. The summed E-state index contributed by atoms with van der Waals surface area (Å²) in [4.78, 5) is 10.6. The maximum Gasteiger partial charge on any atom is 0.522 e. The smallest absolute Gasteiger partial charge is 0.481 e. The molecule has 7 heteroatoms. The lowest BCUT2D eigenvalue weighted by Crippen LogP contribution is -2.21. The molecule has 90 valence electrons. The molecule has 1 atom stereocenters. The van der Waals surface area contributed by atoms with Crippen molar-refractivity contribution < 1.29 is 27.8 Å². The highest BCUT2D eigenvalue weighted by Crippen LogP contribution is 2.19. The van der Waals surface area contributed by atoms with Crippen molar-refractivity contribution in [2.75, 3.05) is 13.2 Å². The standard InChI is InChI=1S/C8H14F3NO3/c9-8(10,11)15-5-3-6(7(13)14)2-1-4-12/h6H,1-5,12H2,(H,13,14). The second kappa shape index (κ2) is 6.62. The van der Waals surface area contributed by atoms with Crippen LogP contribution in [0.15, 0.2) is 0 Å². The van der Waals surface area contributed by atoms with Crippen molar-refractivity contribution in [1.82, 2.24) is 0 Å². The van der Waals surface area contributed by atoms with E-state index in [1.807, 2.05) is 0 Å². The highest BCUT2D eigenvalue weighted by atomic mass is 19.4. The van der Waals surface area contributed by atoms with Crippen molar-refractivity contribution in [1.29, 1.82) is 0 Å². The molecule has 0 aliphatic rings. The van der Waals surface area contributed by atoms with E-state index < -0.39 is 24.9 Å². The summed E-state index contributed by atoms with van der Waals surface area (Å²) >= 11 is 0. The molecule has 0 bridgehead atoms. The Kier molecular flexibility index (Phi) is 6.26. The summed E-state index contributed by atoms with van der Waals surface area (Å²) in [5.41, 5.74) is 5.17. The van der Waals surface area contributed by atoms with Crippen LogP contribution < -0.4 is 5.73 Å². The van der Waals surface area contributed by atoms with Crippen LogP contribution in [0.2, 0.25) is 0 Å². The van der Waals surface area contributed by atoms with Crippen LogP contribution in [0.25, 0.3) is 0 Å². The zero-order valence-electron chi connectivity index (χ0n) is 8.09. The molecule has 15 heavy (non-hydrogen) atoms. The van der Waals surface area contributed by atoms with Gasteiger partial charge in [0.15, 0.2) is 0 Å². The monoisotopic (exact) mass is 229 g/mol. The first-order valence-electron chi connectivity index (χ1n) is 4.50. The van der Waals surface area contributed by atoms with Crippen LogP contribution in [0.4, 0.5) is 13.2 Å². The fraction of sp³-hybridized carbons (Fsp3) is 0.875. The Morgan fingerprint density at radius 3 is 2.40 bits per heavy atom. The minimum Gasteiger partial charge on any atom is -0.481 e. The number of rotatable bonds is 7. The molecule has 0 aromatic heterocycles. The largest absolute Gasteiger partial charge is 0.522 e. The van der Waals surface area contributed by atoms with Gasteiger partial charge in [0.2, 0.25) is 0 Å². The Morgan fingerprint density at radius 1 is 1.40 bits per heavy atom. The molecule has 0 amide bonds. The first-order chi connectivity index (χ1) is 6.87. The van der Waals surface area contributed by atoms with Crippen LogP contribution in [0.1, 0.15) is 19.3 Å². The molecule has 0 radical (unpaired) electrons. The number of carboxylic acid groups (broad SMARTS) is 1. The molecule has 3 N–H and O–H groups in total. The second-order valence-corrected chi connectivity index (χ2v) is 3.05. The van der Waals surface area contributed by atoms with Crippen molar-refractivity contribution in [3.8, 4) is 0 Å². The topological polar surface area (TPSA) is 72.5 Å². The Balaban J connectivity index is 3.81. The molecule has 0 aliphatic carbocycles. The van der Waals surface area contributed by atoms with Crippen molar-refractivity contribution >= 4 is 5.97 Å². The molecule has 0 aromatic carbocycles. The third-order valence-electron chi connectivity index (χ3n) is 1.84. The van der Waals surface area contributed by atoms with Gasteiger partial charge in [-0.25, -0.2) is 0 Å². The van der Waals surface area contributed by atoms with Crippen LogP contribution in [0.5, 0.6) is 0 Å². The maximum absolute atomic E-state index is 11.6. The summed E-state index contributed by atoms with van der Waals surface area (Å²) in [6, 6.07) is 0. The number of halogens is 3. The highest BCUT2D eigenvalue weighted by Gasteiger charge is 2.29. The van der Waals surface area contributed by atoms with E-state index in [4.69, 9.17) is 10.8 Å². The minimum atomic E-state index is -4.70. The van der Waals surface area contributed by atoms with Gasteiger partial charge in [-0.1, -0.05) is 0 Å². The predicted molar refractivity (Wildman–Crippen MR) is 46.0 cm³/mol. The molecule has 0 heterocycles. The zero-order chi connectivity index (χ0) is 11.9. The van der Waals surface area contributed by atoms with E-state index in [9.17, 15) is 18.0 Å². The molecular weight excluding hydrogens is 215 g/mol. The minimum absolute atomic E-state index is 0.158. The lowest BCUT2D eigenvalue weighted by atomic mass is 10.0. The number of carbonyl (C=O) groups is 1. The normalized spacial score (nSPS) is 13.9. The predicted octanol–water partition coefficient (Wildman–Crippen LogP) is 1.35. The van der Waals surface area contributed by atoms with Crippen LogP contribution in [0, 0.1) is 5.92 Å². The van der Waals surface area contributed by atoms with Crippen molar-refractivity contribution in [3.63, 3.8) is 0 Å². The molecule has 0 fully saturated rings. The highest BCUT2D eigenvalue weighted by molar-refractivity contribution is 5.69. The second-order valence-electron chi connectivity index (χ2n) is 3.05. The van der Waals surface area contributed by atoms with E-state index >= 15 is 0 Å². The molecule has 0 spiro atoms. The van der Waals surface area contributed by atoms with E-state index in [2.05, 4.69) is 4.74 Å². The first-order valence-corrected chi connectivity index (χ1v) is 4.50. The third kappa shape index (κ3) is 8.19. The van der Waals surface area contributed by atoms with Gasteiger partial charge in [-0.3, -0.25) is 9.53 Å². The average molecular weight is 229 g/mol. The summed E-state index contributed by atoms with van der Waals surface area (Å²) in [6.45, 7) is -0.311.